The van der Waals surface area contributed by atoms with Gasteiger partial charge >= 0.3 is 0 Å². The predicted octanol–water partition coefficient (Wildman–Crippen LogP) is 2.37. The van der Waals surface area contributed by atoms with Crippen molar-refractivity contribution >= 4 is 45.2 Å². The third kappa shape index (κ3) is 3.35. The number of carbonyl (C=O) groups is 2. The first kappa shape index (κ1) is 17.4. The summed E-state index contributed by atoms with van der Waals surface area (Å²) in [7, 11) is 1.77. The van der Waals surface area contributed by atoms with Crippen LogP contribution in [0.3, 0.4) is 0 Å². The first-order valence-corrected chi connectivity index (χ1v) is 9.40. The van der Waals surface area contributed by atoms with Crippen LogP contribution < -0.4 is 16.0 Å². The molecule has 10 heteroatoms. The second-order valence-corrected chi connectivity index (χ2v) is 7.61. The summed E-state index contributed by atoms with van der Waals surface area (Å²) in [4.78, 5) is 32.9. The second-order valence-electron chi connectivity index (χ2n) is 6.41. The van der Waals surface area contributed by atoms with Crippen molar-refractivity contribution in [3.63, 3.8) is 0 Å². The summed E-state index contributed by atoms with van der Waals surface area (Å²) in [5.41, 5.74) is 2.01. The highest BCUT2D eigenvalue weighted by Gasteiger charge is 2.26. The van der Waals surface area contributed by atoms with Crippen LogP contribution >= 0.6 is 11.3 Å². The minimum Gasteiger partial charge on any atom is -0.385 e. The highest BCUT2D eigenvalue weighted by Crippen LogP contribution is 2.29. The monoisotopic (exact) mass is 385 g/mol. The number of ketones is 1. The van der Waals surface area contributed by atoms with Gasteiger partial charge < -0.3 is 16.0 Å². The van der Waals surface area contributed by atoms with E-state index >= 15 is 0 Å². The summed E-state index contributed by atoms with van der Waals surface area (Å²) in [5.74, 6) is 0.162. The number of nitrogens with one attached hydrogen (secondary N) is 3. The molecule has 0 unspecified atom stereocenters. The Morgan fingerprint density at radius 1 is 1.33 bits per heavy atom. The van der Waals surface area contributed by atoms with E-state index in [4.69, 9.17) is 0 Å². The van der Waals surface area contributed by atoms with Gasteiger partial charge in [0.05, 0.1) is 16.9 Å². The van der Waals surface area contributed by atoms with Gasteiger partial charge in [0.25, 0.3) is 5.91 Å². The quantitative estimate of drug-likeness (QED) is 0.558. The predicted molar refractivity (Wildman–Crippen MR) is 103 cm³/mol. The molecule has 27 heavy (non-hydrogen) atoms. The van der Waals surface area contributed by atoms with Gasteiger partial charge in [-0.05, 0) is 19.8 Å². The number of Topliss-reactive ketones (excluding diaryl/α,β-unsaturated/α-hetero) is 1. The number of amides is 1. The molecule has 0 aliphatic heterocycles. The van der Waals surface area contributed by atoms with Crippen molar-refractivity contribution in [1.29, 1.82) is 0 Å². The number of nitrogens with zero attached hydrogens (tertiary/aromatic N) is 4. The normalized spacial score (nSPS) is 13.6. The van der Waals surface area contributed by atoms with Crippen molar-refractivity contribution in [3.05, 3.63) is 28.7 Å². The third-order valence-corrected chi connectivity index (χ3v) is 5.08. The van der Waals surface area contributed by atoms with Crippen molar-refractivity contribution < 1.29 is 9.59 Å². The van der Waals surface area contributed by atoms with Gasteiger partial charge in [-0.25, -0.2) is 14.5 Å². The average Bonchev–Trinajstić information content (AvgIpc) is 3.20. The second kappa shape index (κ2) is 6.62. The minimum atomic E-state index is -0.199. The first-order chi connectivity index (χ1) is 13.0. The highest BCUT2D eigenvalue weighted by atomic mass is 32.1. The molecule has 3 N–H and O–H groups in total. The fraction of sp³-hybridized carbons (Fsp3) is 0.353. The molecule has 140 valence electrons. The van der Waals surface area contributed by atoms with Crippen molar-refractivity contribution in [2.75, 3.05) is 17.7 Å². The maximum atomic E-state index is 12.5. The molecule has 3 aromatic heterocycles. The van der Waals surface area contributed by atoms with Crippen molar-refractivity contribution in [1.82, 2.24) is 24.9 Å². The molecule has 1 aliphatic rings. The molecule has 0 radical (unpaired) electrons. The Morgan fingerprint density at radius 3 is 2.78 bits per heavy atom. The van der Waals surface area contributed by atoms with Crippen LogP contribution in [0.25, 0.3) is 5.65 Å². The number of aromatic nitrogens is 4. The van der Waals surface area contributed by atoms with Gasteiger partial charge in [0, 0.05) is 26.1 Å². The van der Waals surface area contributed by atoms with Crippen LogP contribution in [0, 0.1) is 6.92 Å². The third-order valence-electron chi connectivity index (χ3n) is 4.19. The Morgan fingerprint density at radius 2 is 2.11 bits per heavy atom. The van der Waals surface area contributed by atoms with E-state index in [2.05, 4.69) is 31.0 Å². The number of carbonyl (C=O) groups excluding carboxylic acids is 2. The summed E-state index contributed by atoms with van der Waals surface area (Å²) in [5, 5.41) is 15.1. The van der Waals surface area contributed by atoms with Gasteiger partial charge in [0.15, 0.2) is 22.9 Å². The minimum absolute atomic E-state index is 0.121. The van der Waals surface area contributed by atoms with Gasteiger partial charge in [-0.3, -0.25) is 9.59 Å². The fourth-order valence-corrected chi connectivity index (χ4v) is 3.60. The van der Waals surface area contributed by atoms with Gasteiger partial charge in [-0.15, -0.1) is 16.4 Å². The van der Waals surface area contributed by atoms with Gasteiger partial charge in [0.1, 0.15) is 10.7 Å². The lowest BCUT2D eigenvalue weighted by Gasteiger charge is -2.10. The molecule has 1 fully saturated rings. The maximum absolute atomic E-state index is 12.5. The molecular formula is C17H19N7O2S. The van der Waals surface area contributed by atoms with Crippen LogP contribution in [0.1, 0.15) is 45.7 Å². The average molecular weight is 385 g/mol. The van der Waals surface area contributed by atoms with E-state index in [1.807, 2.05) is 6.92 Å². The van der Waals surface area contributed by atoms with Crippen LogP contribution in [-0.2, 0) is 0 Å². The SMILES string of the molecule is CNc1cc(Nc2sc(C)nc2C(C)=O)nn2c(C(=O)NC3CC3)cnc12. The summed E-state index contributed by atoms with van der Waals surface area (Å²) < 4.78 is 1.51. The molecular weight excluding hydrogens is 366 g/mol. The lowest BCUT2D eigenvalue weighted by atomic mass is 10.3. The molecule has 3 heterocycles. The Bertz CT molecular complexity index is 1050. The van der Waals surface area contributed by atoms with Crippen LogP contribution in [-0.4, -0.2) is 44.4 Å². The zero-order valence-corrected chi connectivity index (χ0v) is 16.0. The van der Waals surface area contributed by atoms with E-state index in [1.54, 1.807) is 13.1 Å². The molecule has 0 bridgehead atoms. The molecule has 0 spiro atoms. The number of anilines is 3. The van der Waals surface area contributed by atoms with Crippen LogP contribution in [0.15, 0.2) is 12.3 Å². The number of rotatable bonds is 6. The Balaban J connectivity index is 1.74. The number of aryl methyl sites for hydroxylation is 1. The maximum Gasteiger partial charge on any atom is 0.271 e. The van der Waals surface area contributed by atoms with Gasteiger partial charge in [-0.2, -0.15) is 0 Å². The van der Waals surface area contributed by atoms with Crippen molar-refractivity contribution in [3.8, 4) is 0 Å². The number of thiazole rings is 1. The zero-order chi connectivity index (χ0) is 19.1. The molecule has 3 aromatic rings. The molecule has 1 saturated carbocycles. The summed E-state index contributed by atoms with van der Waals surface area (Å²) in [6.07, 6.45) is 3.52. The highest BCUT2D eigenvalue weighted by molar-refractivity contribution is 7.16. The van der Waals surface area contributed by atoms with Crippen LogP contribution in [0.5, 0.6) is 0 Å². The molecule has 9 nitrogen and oxygen atoms in total. The van der Waals surface area contributed by atoms with E-state index in [9.17, 15) is 9.59 Å². The number of fused-ring (bicyclic) bond motifs is 1. The van der Waals surface area contributed by atoms with E-state index in [0.717, 1.165) is 17.8 Å². The van der Waals surface area contributed by atoms with Gasteiger partial charge in [0.2, 0.25) is 0 Å². The van der Waals surface area contributed by atoms with Crippen molar-refractivity contribution in [2.24, 2.45) is 0 Å². The Hall–Kier alpha value is -3.01. The fourth-order valence-electron chi connectivity index (χ4n) is 2.72. The molecule has 0 saturated heterocycles. The topological polar surface area (TPSA) is 113 Å². The summed E-state index contributed by atoms with van der Waals surface area (Å²) in [6.45, 7) is 3.32. The van der Waals surface area contributed by atoms with Crippen LogP contribution in [0.4, 0.5) is 16.5 Å². The molecule has 4 rings (SSSR count). The van der Waals surface area contributed by atoms with E-state index in [0.29, 0.717) is 33.5 Å². The number of hydrogen-bond acceptors (Lipinski definition) is 8. The standard InChI is InChI=1S/C17H19N7O2S/c1-8(25)14-17(27-9(2)20-14)22-13-6-11(18-3)15-19-7-12(24(15)23-13)16(26)21-10-4-5-10/h6-7,10,18H,4-5H2,1-3H3,(H,21,26)(H,22,23). The summed E-state index contributed by atoms with van der Waals surface area (Å²) in [6, 6.07) is 2.02. The van der Waals surface area contributed by atoms with Crippen molar-refractivity contribution in [2.45, 2.75) is 32.7 Å². The molecule has 1 aliphatic carbocycles. The number of imidazole rings is 1. The lowest BCUT2D eigenvalue weighted by molar-refractivity contribution is 0.0943. The van der Waals surface area contributed by atoms with E-state index in [-0.39, 0.29) is 17.7 Å². The van der Waals surface area contributed by atoms with Crippen LogP contribution in [0.2, 0.25) is 0 Å². The van der Waals surface area contributed by atoms with E-state index < -0.39 is 0 Å². The largest absolute Gasteiger partial charge is 0.385 e. The van der Waals surface area contributed by atoms with E-state index in [1.165, 1.54) is 29.0 Å². The first-order valence-electron chi connectivity index (χ1n) is 8.59. The summed E-state index contributed by atoms with van der Waals surface area (Å²) >= 11 is 1.38. The van der Waals surface area contributed by atoms with Gasteiger partial charge in [-0.1, -0.05) is 0 Å². The molecule has 0 aromatic carbocycles. The smallest absolute Gasteiger partial charge is 0.271 e. The zero-order valence-electron chi connectivity index (χ0n) is 15.2. The Labute approximate surface area is 159 Å². The number of hydrogen-bond donors (Lipinski definition) is 3. The Kier molecular flexibility index (Phi) is 4.27. The molecule has 0 atom stereocenters. The lowest BCUT2D eigenvalue weighted by Crippen LogP contribution is -2.27. The molecule has 1 amide bonds.